The van der Waals surface area contributed by atoms with E-state index in [1.807, 2.05) is 18.2 Å². The van der Waals surface area contributed by atoms with Gasteiger partial charge in [0.2, 0.25) is 5.91 Å². The summed E-state index contributed by atoms with van der Waals surface area (Å²) in [4.78, 5) is 38.1. The minimum Gasteiger partial charge on any atom is -0.497 e. The van der Waals surface area contributed by atoms with Crippen molar-refractivity contribution >= 4 is 41.6 Å². The molecule has 0 saturated heterocycles. The smallest absolute Gasteiger partial charge is 0.283 e. The number of ketones is 1. The number of amides is 2. The van der Waals surface area contributed by atoms with E-state index >= 15 is 0 Å². The van der Waals surface area contributed by atoms with Crippen molar-refractivity contribution in [3.05, 3.63) is 89.5 Å². The second-order valence-corrected chi connectivity index (χ2v) is 7.76. The SMILES string of the molecule is COc1ccc(CC(=O)Nc2ccc(NC(=O)[C@@H]([NH3+])CS)cc2C(=O)c2ccccc2)cc1. The molecule has 0 aromatic heterocycles. The van der Waals surface area contributed by atoms with Gasteiger partial charge in [0.15, 0.2) is 11.8 Å². The summed E-state index contributed by atoms with van der Waals surface area (Å²) in [5, 5.41) is 5.57. The molecular weight excluding hydrogens is 438 g/mol. The fraction of sp³-hybridized carbons (Fsp3) is 0.160. The molecule has 0 fully saturated rings. The maximum Gasteiger partial charge on any atom is 0.283 e. The Labute approximate surface area is 197 Å². The van der Waals surface area contributed by atoms with E-state index in [4.69, 9.17) is 4.74 Å². The van der Waals surface area contributed by atoms with Crippen LogP contribution < -0.4 is 21.1 Å². The van der Waals surface area contributed by atoms with E-state index in [-0.39, 0.29) is 29.6 Å². The molecule has 0 saturated carbocycles. The first-order valence-electron chi connectivity index (χ1n) is 10.3. The first-order chi connectivity index (χ1) is 15.9. The molecule has 3 aromatic rings. The lowest BCUT2D eigenvalue weighted by atomic mass is 10.0. The van der Waals surface area contributed by atoms with Crippen LogP contribution in [0.2, 0.25) is 0 Å². The van der Waals surface area contributed by atoms with E-state index in [0.29, 0.717) is 28.4 Å². The number of thiol groups is 1. The zero-order valence-electron chi connectivity index (χ0n) is 18.2. The van der Waals surface area contributed by atoms with E-state index in [1.54, 1.807) is 61.7 Å². The van der Waals surface area contributed by atoms with Crippen molar-refractivity contribution in [3.8, 4) is 5.75 Å². The van der Waals surface area contributed by atoms with Gasteiger partial charge in [-0.3, -0.25) is 14.4 Å². The predicted molar refractivity (Wildman–Crippen MR) is 131 cm³/mol. The summed E-state index contributed by atoms with van der Waals surface area (Å²) in [6.45, 7) is 0. The van der Waals surface area contributed by atoms with Crippen LogP contribution in [0.1, 0.15) is 21.5 Å². The molecular formula is C25H26N3O4S+. The van der Waals surface area contributed by atoms with Crippen LogP contribution in [0.3, 0.4) is 0 Å². The summed E-state index contributed by atoms with van der Waals surface area (Å²) in [5.74, 6) is 0.148. The van der Waals surface area contributed by atoms with Crippen LogP contribution in [-0.2, 0) is 16.0 Å². The maximum atomic E-state index is 13.2. The second-order valence-electron chi connectivity index (χ2n) is 7.40. The minimum absolute atomic E-state index is 0.132. The molecule has 0 spiro atoms. The Kier molecular flexibility index (Phi) is 8.23. The molecule has 7 nitrogen and oxygen atoms in total. The molecule has 2 amide bonds. The Balaban J connectivity index is 1.86. The Bertz CT molecular complexity index is 1130. The molecule has 33 heavy (non-hydrogen) atoms. The van der Waals surface area contributed by atoms with Crippen molar-refractivity contribution in [3.63, 3.8) is 0 Å². The summed E-state index contributed by atoms with van der Waals surface area (Å²) in [6.07, 6.45) is 0.132. The van der Waals surface area contributed by atoms with Crippen LogP contribution in [0.5, 0.6) is 5.75 Å². The van der Waals surface area contributed by atoms with Gasteiger partial charge in [0.25, 0.3) is 5.91 Å². The number of benzene rings is 3. The van der Waals surface area contributed by atoms with Crippen molar-refractivity contribution in [1.29, 1.82) is 0 Å². The quantitative estimate of drug-likeness (QED) is 0.288. The molecule has 3 rings (SSSR count). The van der Waals surface area contributed by atoms with Gasteiger partial charge in [-0.1, -0.05) is 42.5 Å². The van der Waals surface area contributed by atoms with E-state index < -0.39 is 6.04 Å². The molecule has 0 unspecified atom stereocenters. The average Bonchev–Trinajstić information content (AvgIpc) is 2.84. The lowest BCUT2D eigenvalue weighted by Gasteiger charge is -2.14. The highest BCUT2D eigenvalue weighted by atomic mass is 32.1. The standard InChI is InChI=1S/C25H25N3O4S/c1-32-19-10-7-16(8-11-19)13-23(29)28-22-12-9-18(27-25(31)21(26)15-33)14-20(22)24(30)17-5-3-2-4-6-17/h2-12,14,21,33H,13,15,26H2,1H3,(H,27,31)(H,28,29)/p+1/t21-/m0/s1. The van der Waals surface area contributed by atoms with Crippen LogP contribution in [-0.4, -0.2) is 36.5 Å². The molecule has 8 heteroatoms. The fourth-order valence-electron chi connectivity index (χ4n) is 3.11. The molecule has 3 aromatic carbocycles. The van der Waals surface area contributed by atoms with Gasteiger partial charge >= 0.3 is 0 Å². The number of hydrogen-bond donors (Lipinski definition) is 4. The predicted octanol–water partition coefficient (Wildman–Crippen LogP) is 2.59. The van der Waals surface area contributed by atoms with E-state index in [1.165, 1.54) is 0 Å². The van der Waals surface area contributed by atoms with Gasteiger partial charge in [-0.15, -0.1) is 0 Å². The highest BCUT2D eigenvalue weighted by Gasteiger charge is 2.19. The van der Waals surface area contributed by atoms with Crippen molar-refractivity contribution in [2.45, 2.75) is 12.5 Å². The number of nitrogens with one attached hydrogen (secondary N) is 2. The van der Waals surface area contributed by atoms with Crippen LogP contribution in [0, 0.1) is 0 Å². The molecule has 0 radical (unpaired) electrons. The highest BCUT2D eigenvalue weighted by molar-refractivity contribution is 7.80. The van der Waals surface area contributed by atoms with E-state index in [2.05, 4.69) is 29.0 Å². The Hall–Kier alpha value is -3.62. The lowest BCUT2D eigenvalue weighted by Crippen LogP contribution is -2.67. The van der Waals surface area contributed by atoms with E-state index in [0.717, 1.165) is 5.56 Å². The zero-order valence-corrected chi connectivity index (χ0v) is 19.1. The molecule has 0 aliphatic rings. The summed E-state index contributed by atoms with van der Waals surface area (Å²) in [7, 11) is 1.58. The highest BCUT2D eigenvalue weighted by Crippen LogP contribution is 2.24. The van der Waals surface area contributed by atoms with Gasteiger partial charge < -0.3 is 21.1 Å². The molecule has 0 heterocycles. The van der Waals surface area contributed by atoms with Crippen LogP contribution in [0.4, 0.5) is 11.4 Å². The molecule has 1 atom stereocenters. The van der Waals surface area contributed by atoms with Crippen molar-refractivity contribution in [2.75, 3.05) is 23.5 Å². The first kappa shape index (κ1) is 24.0. The van der Waals surface area contributed by atoms with Gasteiger partial charge in [0.1, 0.15) is 5.75 Å². The second kappa shape index (κ2) is 11.3. The average molecular weight is 465 g/mol. The first-order valence-corrected chi connectivity index (χ1v) is 11.0. The number of hydrogen-bond acceptors (Lipinski definition) is 5. The van der Waals surface area contributed by atoms with Gasteiger partial charge in [-0.05, 0) is 35.9 Å². The molecule has 170 valence electrons. The van der Waals surface area contributed by atoms with Gasteiger partial charge in [0, 0.05) is 16.8 Å². The molecule has 0 aliphatic heterocycles. The third kappa shape index (κ3) is 6.44. The number of methoxy groups -OCH3 is 1. The van der Waals surface area contributed by atoms with Crippen molar-refractivity contribution in [1.82, 2.24) is 0 Å². The normalized spacial score (nSPS) is 11.4. The summed E-state index contributed by atoms with van der Waals surface area (Å²) < 4.78 is 5.14. The van der Waals surface area contributed by atoms with Crippen LogP contribution in [0.15, 0.2) is 72.8 Å². The Morgan fingerprint density at radius 2 is 1.67 bits per heavy atom. The van der Waals surface area contributed by atoms with Crippen molar-refractivity contribution in [2.24, 2.45) is 0 Å². The van der Waals surface area contributed by atoms with E-state index in [9.17, 15) is 14.4 Å². The lowest BCUT2D eigenvalue weighted by molar-refractivity contribution is -0.395. The minimum atomic E-state index is -0.537. The number of carbonyl (C=O) groups is 3. The van der Waals surface area contributed by atoms with Gasteiger partial charge in [0.05, 0.1) is 25.0 Å². The number of rotatable bonds is 9. The topological polar surface area (TPSA) is 112 Å². The monoisotopic (exact) mass is 464 g/mol. The summed E-state index contributed by atoms with van der Waals surface area (Å²) in [6, 6.07) is 20.2. The largest absolute Gasteiger partial charge is 0.497 e. The van der Waals surface area contributed by atoms with Crippen molar-refractivity contribution < 1.29 is 24.9 Å². The Morgan fingerprint density at radius 3 is 2.30 bits per heavy atom. The number of ether oxygens (including phenoxy) is 1. The molecule has 0 aliphatic carbocycles. The Morgan fingerprint density at radius 1 is 0.970 bits per heavy atom. The molecule has 5 N–H and O–H groups in total. The molecule has 0 bridgehead atoms. The summed E-state index contributed by atoms with van der Waals surface area (Å²) >= 11 is 4.10. The van der Waals surface area contributed by atoms with Crippen LogP contribution in [0.25, 0.3) is 0 Å². The van der Waals surface area contributed by atoms with Gasteiger partial charge in [-0.25, -0.2) is 0 Å². The maximum absolute atomic E-state index is 13.2. The third-order valence-electron chi connectivity index (χ3n) is 4.96. The third-order valence-corrected chi connectivity index (χ3v) is 5.40. The number of quaternary nitrogens is 1. The number of carbonyl (C=O) groups excluding carboxylic acids is 3. The van der Waals surface area contributed by atoms with Crippen LogP contribution >= 0.6 is 12.6 Å². The van der Waals surface area contributed by atoms with Gasteiger partial charge in [-0.2, -0.15) is 12.6 Å². The number of anilines is 2. The summed E-state index contributed by atoms with van der Waals surface area (Å²) in [5.41, 5.74) is 6.09. The zero-order chi connectivity index (χ0) is 23.8. The fourth-order valence-corrected chi connectivity index (χ4v) is 3.28.